The van der Waals surface area contributed by atoms with E-state index in [1.807, 2.05) is 19.9 Å². The molecule has 5 rings (SSSR count). The lowest BCUT2D eigenvalue weighted by atomic mass is 10.0. The van der Waals surface area contributed by atoms with Gasteiger partial charge in [0.25, 0.3) is 5.91 Å². The predicted octanol–water partition coefficient (Wildman–Crippen LogP) is 4.66. The standard InChI is InChI=1S/C21H14ClN3O3S/c1-10-11(2)29-21(24-10)25-17(12-4-3-7-23-9-12)16-18(26)14-8-13(22)5-6-15(14)28-19(16)20(25)27/h3-9,17H,1-2H3. The van der Waals surface area contributed by atoms with Gasteiger partial charge in [-0.25, -0.2) is 4.98 Å². The van der Waals surface area contributed by atoms with E-state index >= 15 is 0 Å². The highest BCUT2D eigenvalue weighted by Crippen LogP contribution is 2.42. The van der Waals surface area contributed by atoms with E-state index in [1.165, 1.54) is 16.2 Å². The van der Waals surface area contributed by atoms with Crippen molar-refractivity contribution in [3.05, 3.63) is 85.4 Å². The second kappa shape index (κ2) is 6.50. The van der Waals surface area contributed by atoms with Crippen LogP contribution in [-0.2, 0) is 0 Å². The van der Waals surface area contributed by atoms with Gasteiger partial charge in [-0.2, -0.15) is 0 Å². The lowest BCUT2D eigenvalue weighted by molar-refractivity contribution is 0.0971. The third-order valence-electron chi connectivity index (χ3n) is 5.06. The fourth-order valence-electron chi connectivity index (χ4n) is 3.55. The van der Waals surface area contributed by atoms with E-state index in [0.717, 1.165) is 10.6 Å². The van der Waals surface area contributed by atoms with Crippen LogP contribution in [0.5, 0.6) is 0 Å². The SMILES string of the molecule is Cc1nc(N2C(=O)c3oc4ccc(Cl)cc4c(=O)c3C2c2cccnc2)sc1C. The molecule has 1 aromatic carbocycles. The van der Waals surface area contributed by atoms with Crippen LogP contribution in [0.4, 0.5) is 5.13 Å². The minimum Gasteiger partial charge on any atom is -0.450 e. The smallest absolute Gasteiger partial charge is 0.297 e. The molecular formula is C21H14ClN3O3S. The van der Waals surface area contributed by atoms with Crippen LogP contribution in [0, 0.1) is 13.8 Å². The number of rotatable bonds is 2. The molecule has 6 nitrogen and oxygen atoms in total. The van der Waals surface area contributed by atoms with Gasteiger partial charge < -0.3 is 4.42 Å². The number of aromatic nitrogens is 2. The molecule has 0 fully saturated rings. The highest BCUT2D eigenvalue weighted by atomic mass is 35.5. The van der Waals surface area contributed by atoms with Crippen molar-refractivity contribution in [2.45, 2.75) is 19.9 Å². The molecule has 0 spiro atoms. The molecule has 8 heteroatoms. The summed E-state index contributed by atoms with van der Waals surface area (Å²) in [6, 6.07) is 7.73. The molecular weight excluding hydrogens is 410 g/mol. The van der Waals surface area contributed by atoms with Gasteiger partial charge in [-0.05, 0) is 43.7 Å². The summed E-state index contributed by atoms with van der Waals surface area (Å²) in [5, 5.41) is 1.29. The number of hydrogen-bond donors (Lipinski definition) is 0. The number of carbonyl (C=O) groups is 1. The third kappa shape index (κ3) is 2.69. The van der Waals surface area contributed by atoms with Crippen LogP contribution in [0.25, 0.3) is 11.0 Å². The lowest BCUT2D eigenvalue weighted by Crippen LogP contribution is -2.29. The van der Waals surface area contributed by atoms with Crippen molar-refractivity contribution in [3.63, 3.8) is 0 Å². The molecule has 0 saturated heterocycles. The summed E-state index contributed by atoms with van der Waals surface area (Å²) in [5.41, 5.74) is 1.88. The van der Waals surface area contributed by atoms with Gasteiger partial charge in [-0.3, -0.25) is 19.5 Å². The maximum absolute atomic E-state index is 13.4. The van der Waals surface area contributed by atoms with E-state index in [0.29, 0.717) is 26.7 Å². The summed E-state index contributed by atoms with van der Waals surface area (Å²) in [5.74, 6) is -0.360. The van der Waals surface area contributed by atoms with Crippen molar-refractivity contribution in [2.24, 2.45) is 0 Å². The molecule has 0 N–H and O–H groups in total. The third-order valence-corrected chi connectivity index (χ3v) is 6.36. The average molecular weight is 424 g/mol. The Bertz CT molecular complexity index is 1330. The second-order valence-electron chi connectivity index (χ2n) is 6.82. The second-order valence-corrected chi connectivity index (χ2v) is 8.43. The first-order chi connectivity index (χ1) is 14.0. The number of benzene rings is 1. The lowest BCUT2D eigenvalue weighted by Gasteiger charge is -2.22. The number of thiazole rings is 1. The van der Waals surface area contributed by atoms with Crippen molar-refractivity contribution in [1.29, 1.82) is 0 Å². The number of halogens is 1. The number of amides is 1. The number of nitrogens with zero attached hydrogens (tertiary/aromatic N) is 3. The molecule has 144 valence electrons. The maximum Gasteiger partial charge on any atom is 0.297 e. The molecule has 0 saturated carbocycles. The number of carbonyl (C=O) groups excluding carboxylic acids is 1. The Kier molecular flexibility index (Phi) is 4.04. The van der Waals surface area contributed by atoms with E-state index in [1.54, 1.807) is 36.7 Å². The predicted molar refractivity (Wildman–Crippen MR) is 112 cm³/mol. The Balaban J connectivity index is 1.83. The zero-order valence-corrected chi connectivity index (χ0v) is 17.0. The van der Waals surface area contributed by atoms with Gasteiger partial charge in [0, 0.05) is 22.3 Å². The van der Waals surface area contributed by atoms with Crippen LogP contribution in [0.1, 0.15) is 38.3 Å². The highest BCUT2D eigenvalue weighted by Gasteiger charge is 2.45. The van der Waals surface area contributed by atoms with Gasteiger partial charge in [0.1, 0.15) is 5.58 Å². The molecule has 29 heavy (non-hydrogen) atoms. The Labute approximate surface area is 174 Å². The van der Waals surface area contributed by atoms with E-state index in [-0.39, 0.29) is 16.8 Å². The van der Waals surface area contributed by atoms with Crippen LogP contribution >= 0.6 is 22.9 Å². The Morgan fingerprint density at radius 1 is 1.21 bits per heavy atom. The first kappa shape index (κ1) is 18.0. The van der Waals surface area contributed by atoms with Crippen molar-refractivity contribution in [3.8, 4) is 0 Å². The van der Waals surface area contributed by atoms with Gasteiger partial charge in [0.2, 0.25) is 5.76 Å². The highest BCUT2D eigenvalue weighted by molar-refractivity contribution is 7.15. The summed E-state index contributed by atoms with van der Waals surface area (Å²) < 4.78 is 5.90. The normalized spacial score (nSPS) is 15.9. The fraction of sp³-hybridized carbons (Fsp3) is 0.143. The zero-order valence-electron chi connectivity index (χ0n) is 15.5. The molecule has 1 unspecified atom stereocenters. The van der Waals surface area contributed by atoms with Crippen molar-refractivity contribution < 1.29 is 9.21 Å². The number of pyridine rings is 1. The molecule has 4 aromatic rings. The number of anilines is 1. The van der Waals surface area contributed by atoms with Crippen LogP contribution in [0.3, 0.4) is 0 Å². The number of aryl methyl sites for hydroxylation is 2. The van der Waals surface area contributed by atoms with Crippen LogP contribution in [0.15, 0.2) is 51.9 Å². The molecule has 0 radical (unpaired) electrons. The summed E-state index contributed by atoms with van der Waals surface area (Å²) in [4.78, 5) is 38.1. The molecule has 1 aliphatic heterocycles. The van der Waals surface area contributed by atoms with Crippen LogP contribution in [0.2, 0.25) is 5.02 Å². The molecule has 0 bridgehead atoms. The van der Waals surface area contributed by atoms with Crippen molar-refractivity contribution >= 4 is 44.9 Å². The first-order valence-electron chi connectivity index (χ1n) is 8.89. The largest absolute Gasteiger partial charge is 0.450 e. The molecule has 1 amide bonds. The van der Waals surface area contributed by atoms with Gasteiger partial charge in [-0.15, -0.1) is 11.3 Å². The molecule has 1 atom stereocenters. The Hall–Kier alpha value is -3.03. The minimum absolute atomic E-state index is 0.0316. The minimum atomic E-state index is -0.671. The monoisotopic (exact) mass is 423 g/mol. The fourth-order valence-corrected chi connectivity index (χ4v) is 4.66. The van der Waals surface area contributed by atoms with Gasteiger partial charge >= 0.3 is 0 Å². The van der Waals surface area contributed by atoms with E-state index in [2.05, 4.69) is 9.97 Å². The molecule has 0 aliphatic carbocycles. The number of hydrogen-bond acceptors (Lipinski definition) is 6. The van der Waals surface area contributed by atoms with E-state index < -0.39 is 11.9 Å². The van der Waals surface area contributed by atoms with E-state index in [9.17, 15) is 9.59 Å². The molecule has 1 aliphatic rings. The zero-order chi connectivity index (χ0) is 20.3. The Morgan fingerprint density at radius 2 is 2.03 bits per heavy atom. The van der Waals surface area contributed by atoms with Gasteiger partial charge in [0.05, 0.1) is 22.7 Å². The Morgan fingerprint density at radius 3 is 2.72 bits per heavy atom. The van der Waals surface area contributed by atoms with Crippen molar-refractivity contribution in [2.75, 3.05) is 4.90 Å². The van der Waals surface area contributed by atoms with Crippen LogP contribution in [-0.4, -0.2) is 15.9 Å². The average Bonchev–Trinajstić information content (AvgIpc) is 3.20. The summed E-state index contributed by atoms with van der Waals surface area (Å²) in [7, 11) is 0. The van der Waals surface area contributed by atoms with Gasteiger partial charge in [-0.1, -0.05) is 17.7 Å². The summed E-state index contributed by atoms with van der Waals surface area (Å²) in [6.07, 6.45) is 3.29. The van der Waals surface area contributed by atoms with Crippen molar-refractivity contribution in [1.82, 2.24) is 9.97 Å². The quantitative estimate of drug-likeness (QED) is 0.468. The first-order valence-corrected chi connectivity index (χ1v) is 10.1. The molecule has 3 aromatic heterocycles. The maximum atomic E-state index is 13.4. The van der Waals surface area contributed by atoms with Crippen LogP contribution < -0.4 is 10.3 Å². The van der Waals surface area contributed by atoms with Gasteiger partial charge in [0.15, 0.2) is 10.6 Å². The summed E-state index contributed by atoms with van der Waals surface area (Å²) in [6.45, 7) is 3.84. The van der Waals surface area contributed by atoms with E-state index in [4.69, 9.17) is 16.0 Å². The topological polar surface area (TPSA) is 76.3 Å². The molecule has 4 heterocycles. The number of fused-ring (bicyclic) bond motifs is 2. The summed E-state index contributed by atoms with van der Waals surface area (Å²) >= 11 is 7.50.